The maximum atomic E-state index is 13.4. The fourth-order valence-corrected chi connectivity index (χ4v) is 5.64. The van der Waals surface area contributed by atoms with E-state index in [1.54, 1.807) is 0 Å². The summed E-state index contributed by atoms with van der Waals surface area (Å²) in [5.41, 5.74) is 0.538. The first-order valence-corrected chi connectivity index (χ1v) is 11.9. The van der Waals surface area contributed by atoms with Gasteiger partial charge in [0.2, 0.25) is 0 Å². The lowest BCUT2D eigenvalue weighted by Crippen LogP contribution is -2.38. The molecule has 1 aromatic rings. The summed E-state index contributed by atoms with van der Waals surface area (Å²) in [6, 6.07) is 2.24. The van der Waals surface area contributed by atoms with Crippen LogP contribution in [0.2, 0.25) is 0 Å². The highest BCUT2D eigenvalue weighted by molar-refractivity contribution is 5.19. The van der Waals surface area contributed by atoms with Gasteiger partial charge in [0.1, 0.15) is 0 Å². The van der Waals surface area contributed by atoms with Crippen molar-refractivity contribution in [3.8, 4) is 0 Å². The van der Waals surface area contributed by atoms with E-state index in [-0.39, 0.29) is 6.29 Å². The molecular weight excluding hydrogens is 389 g/mol. The van der Waals surface area contributed by atoms with Crippen molar-refractivity contribution < 1.29 is 22.6 Å². The molecule has 2 nitrogen and oxygen atoms in total. The van der Waals surface area contributed by atoms with Crippen molar-refractivity contribution in [2.75, 3.05) is 13.2 Å². The van der Waals surface area contributed by atoms with E-state index >= 15 is 0 Å². The summed E-state index contributed by atoms with van der Waals surface area (Å²) in [6.45, 7) is 1.66. The Labute approximate surface area is 178 Å². The Hall–Kier alpha value is -1.07. The minimum Gasteiger partial charge on any atom is -0.352 e. The molecule has 4 rings (SSSR count). The number of benzene rings is 1. The second kappa shape index (κ2) is 10.5. The van der Waals surface area contributed by atoms with Crippen LogP contribution in [-0.4, -0.2) is 19.5 Å². The molecule has 2 saturated carbocycles. The molecule has 3 aliphatic rings. The molecule has 5 heteroatoms. The second-order valence-corrected chi connectivity index (χ2v) is 9.82. The molecule has 0 aromatic heterocycles. The third-order valence-electron chi connectivity index (χ3n) is 7.61. The molecule has 1 aliphatic heterocycles. The lowest BCUT2D eigenvalue weighted by molar-refractivity contribution is -0.230. The minimum absolute atomic E-state index is 0.0611. The molecule has 168 valence electrons. The molecular formula is C25H35F3O2. The topological polar surface area (TPSA) is 18.5 Å². The van der Waals surface area contributed by atoms with Crippen LogP contribution in [0.3, 0.4) is 0 Å². The molecule has 0 amide bonds. The van der Waals surface area contributed by atoms with Crippen LogP contribution in [-0.2, 0) is 15.9 Å². The third-order valence-corrected chi connectivity index (χ3v) is 7.61. The molecule has 0 radical (unpaired) electrons. The number of halogens is 3. The van der Waals surface area contributed by atoms with Crippen LogP contribution >= 0.6 is 0 Å². The van der Waals surface area contributed by atoms with Crippen molar-refractivity contribution >= 4 is 0 Å². The van der Waals surface area contributed by atoms with Crippen molar-refractivity contribution in [1.82, 2.24) is 0 Å². The van der Waals surface area contributed by atoms with E-state index in [2.05, 4.69) is 0 Å². The van der Waals surface area contributed by atoms with E-state index in [0.717, 1.165) is 63.4 Å². The summed E-state index contributed by atoms with van der Waals surface area (Å²) in [5, 5.41) is 0. The minimum atomic E-state index is -1.38. The average molecular weight is 425 g/mol. The van der Waals surface area contributed by atoms with Crippen LogP contribution in [0, 0.1) is 41.1 Å². The Bertz CT molecular complexity index is 650. The van der Waals surface area contributed by atoms with E-state index in [9.17, 15) is 13.2 Å². The lowest BCUT2D eigenvalue weighted by Gasteiger charge is -2.38. The molecule has 0 unspecified atom stereocenters. The van der Waals surface area contributed by atoms with Crippen LogP contribution in [0.1, 0.15) is 76.2 Å². The Morgan fingerprint density at radius 3 is 1.90 bits per heavy atom. The Balaban J connectivity index is 1.14. The summed E-state index contributed by atoms with van der Waals surface area (Å²) >= 11 is 0. The fourth-order valence-electron chi connectivity index (χ4n) is 5.64. The predicted molar refractivity (Wildman–Crippen MR) is 110 cm³/mol. The van der Waals surface area contributed by atoms with Crippen molar-refractivity contribution in [3.63, 3.8) is 0 Å². The first kappa shape index (κ1) is 22.1. The highest BCUT2D eigenvalue weighted by Gasteiger charge is 2.32. The van der Waals surface area contributed by atoms with Crippen LogP contribution < -0.4 is 0 Å². The first-order chi connectivity index (χ1) is 14.6. The monoisotopic (exact) mass is 424 g/mol. The largest absolute Gasteiger partial charge is 0.352 e. The second-order valence-electron chi connectivity index (χ2n) is 9.82. The Kier molecular flexibility index (Phi) is 7.74. The lowest BCUT2D eigenvalue weighted by atomic mass is 9.79. The zero-order valence-corrected chi connectivity index (χ0v) is 17.9. The van der Waals surface area contributed by atoms with Gasteiger partial charge in [0.15, 0.2) is 23.7 Å². The highest BCUT2D eigenvalue weighted by Crippen LogP contribution is 2.37. The molecule has 1 aromatic carbocycles. The van der Waals surface area contributed by atoms with Gasteiger partial charge < -0.3 is 9.47 Å². The van der Waals surface area contributed by atoms with Gasteiger partial charge in [0.05, 0.1) is 13.2 Å². The zero-order valence-electron chi connectivity index (χ0n) is 17.9. The molecule has 0 N–H and O–H groups in total. The third kappa shape index (κ3) is 5.79. The maximum Gasteiger partial charge on any atom is 0.194 e. The quantitative estimate of drug-likeness (QED) is 0.448. The van der Waals surface area contributed by atoms with Crippen molar-refractivity contribution in [3.05, 3.63) is 35.1 Å². The van der Waals surface area contributed by atoms with E-state index in [1.807, 2.05) is 0 Å². The molecule has 0 atom stereocenters. The number of hydrogen-bond acceptors (Lipinski definition) is 2. The van der Waals surface area contributed by atoms with Crippen molar-refractivity contribution in [2.45, 2.75) is 83.3 Å². The van der Waals surface area contributed by atoms with Gasteiger partial charge in [-0.25, -0.2) is 13.2 Å². The summed E-state index contributed by atoms with van der Waals surface area (Å²) < 4.78 is 52.1. The van der Waals surface area contributed by atoms with Crippen molar-refractivity contribution in [1.29, 1.82) is 0 Å². The van der Waals surface area contributed by atoms with Gasteiger partial charge in [-0.15, -0.1) is 0 Å². The van der Waals surface area contributed by atoms with Crippen LogP contribution in [0.5, 0.6) is 0 Å². The number of ether oxygens (including phenoxy) is 2. The molecule has 2 aliphatic carbocycles. The SMILES string of the molecule is Fc1cc(CC[C@H]2CC[C@H]([C@H]3OC[C@H](CCC4CCCC4)CO3)CC2)cc(F)c1F. The van der Waals surface area contributed by atoms with Gasteiger partial charge in [-0.1, -0.05) is 32.1 Å². The van der Waals surface area contributed by atoms with Gasteiger partial charge in [0, 0.05) is 11.8 Å². The molecule has 0 bridgehead atoms. The number of hydrogen-bond donors (Lipinski definition) is 0. The Morgan fingerprint density at radius 1 is 0.700 bits per heavy atom. The van der Waals surface area contributed by atoms with Gasteiger partial charge in [-0.05, 0) is 74.5 Å². The number of aryl methyl sites for hydroxylation is 1. The highest BCUT2D eigenvalue weighted by atomic mass is 19.2. The summed E-state index contributed by atoms with van der Waals surface area (Å²) in [5.74, 6) is -1.09. The predicted octanol–water partition coefficient (Wildman–Crippen LogP) is 6.80. The smallest absolute Gasteiger partial charge is 0.194 e. The van der Waals surface area contributed by atoms with Gasteiger partial charge >= 0.3 is 0 Å². The van der Waals surface area contributed by atoms with E-state index in [0.29, 0.717) is 29.7 Å². The summed E-state index contributed by atoms with van der Waals surface area (Å²) in [6.07, 6.45) is 13.9. The van der Waals surface area contributed by atoms with Crippen LogP contribution in [0.25, 0.3) is 0 Å². The Morgan fingerprint density at radius 2 is 1.27 bits per heavy atom. The molecule has 1 heterocycles. The van der Waals surface area contributed by atoms with E-state index < -0.39 is 17.5 Å². The summed E-state index contributed by atoms with van der Waals surface area (Å²) in [4.78, 5) is 0. The van der Waals surface area contributed by atoms with Gasteiger partial charge in [-0.2, -0.15) is 0 Å². The normalized spacial score (nSPS) is 30.6. The standard InChI is InChI=1S/C25H35F3O2/c26-22-13-19(14-23(27)24(22)28)7-5-18-9-11-21(12-10-18)25-29-15-20(16-30-25)8-6-17-3-1-2-4-17/h13-14,17-18,20-21,25H,1-12,15-16H2/t18-,20-,21-,25-. The average Bonchev–Trinajstić information content (AvgIpc) is 3.29. The van der Waals surface area contributed by atoms with Crippen LogP contribution in [0.15, 0.2) is 12.1 Å². The van der Waals surface area contributed by atoms with Crippen molar-refractivity contribution in [2.24, 2.45) is 23.7 Å². The van der Waals surface area contributed by atoms with Gasteiger partial charge in [0.25, 0.3) is 0 Å². The van der Waals surface area contributed by atoms with Crippen LogP contribution in [0.4, 0.5) is 13.2 Å². The molecule has 1 saturated heterocycles. The summed E-state index contributed by atoms with van der Waals surface area (Å²) in [7, 11) is 0. The molecule has 0 spiro atoms. The maximum absolute atomic E-state index is 13.4. The van der Waals surface area contributed by atoms with E-state index in [1.165, 1.54) is 38.5 Å². The van der Waals surface area contributed by atoms with Gasteiger partial charge in [-0.3, -0.25) is 0 Å². The first-order valence-electron chi connectivity index (χ1n) is 11.9. The van der Waals surface area contributed by atoms with E-state index in [4.69, 9.17) is 9.47 Å². The molecule has 30 heavy (non-hydrogen) atoms. The fraction of sp³-hybridized carbons (Fsp3) is 0.760. The zero-order chi connectivity index (χ0) is 20.9. The number of rotatable bonds is 7. The molecule has 3 fully saturated rings.